The van der Waals surface area contributed by atoms with E-state index in [1.54, 1.807) is 0 Å². The number of alkyl halides is 1. The van der Waals surface area contributed by atoms with Gasteiger partial charge >= 0.3 is 0 Å². The van der Waals surface area contributed by atoms with Crippen molar-refractivity contribution < 1.29 is 4.74 Å². The lowest BCUT2D eigenvalue weighted by Crippen LogP contribution is -2.53. The molecule has 0 bridgehead atoms. The molecule has 2 nitrogen and oxygen atoms in total. The van der Waals surface area contributed by atoms with Crippen molar-refractivity contribution in [1.29, 1.82) is 0 Å². The summed E-state index contributed by atoms with van der Waals surface area (Å²) in [5.74, 6) is 0.608. The molecular formula is C17H34ClNO. The Morgan fingerprint density at radius 2 is 1.65 bits per heavy atom. The molecule has 1 saturated heterocycles. The standard InChI is InChI=1S/C17H34ClNO/c1-4-5-6-7-8-9-10-11-12-19-14-16(13-18)20-17(2,3)15-19/h16H,4-15H2,1-3H3. The number of hydrogen-bond donors (Lipinski definition) is 0. The van der Waals surface area contributed by atoms with Gasteiger partial charge in [0.1, 0.15) is 0 Å². The molecule has 1 heterocycles. The second-order valence-corrected chi connectivity index (χ2v) is 7.17. The van der Waals surface area contributed by atoms with Gasteiger partial charge in [0, 0.05) is 19.0 Å². The van der Waals surface area contributed by atoms with Gasteiger partial charge in [0.15, 0.2) is 0 Å². The van der Waals surface area contributed by atoms with Crippen LogP contribution in [0.3, 0.4) is 0 Å². The second kappa shape index (κ2) is 10.0. The zero-order chi connectivity index (χ0) is 14.8. The van der Waals surface area contributed by atoms with Gasteiger partial charge in [-0.3, -0.25) is 4.90 Å². The second-order valence-electron chi connectivity index (χ2n) is 6.86. The van der Waals surface area contributed by atoms with E-state index >= 15 is 0 Å². The minimum absolute atomic E-state index is 0.0437. The third-order valence-electron chi connectivity index (χ3n) is 4.05. The molecule has 1 rings (SSSR count). The van der Waals surface area contributed by atoms with Crippen molar-refractivity contribution >= 4 is 11.6 Å². The molecule has 1 unspecified atom stereocenters. The van der Waals surface area contributed by atoms with Gasteiger partial charge in [-0.1, -0.05) is 51.9 Å². The van der Waals surface area contributed by atoms with E-state index in [2.05, 4.69) is 25.7 Å². The van der Waals surface area contributed by atoms with Crippen LogP contribution in [0.25, 0.3) is 0 Å². The van der Waals surface area contributed by atoms with Crippen LogP contribution in [0.2, 0.25) is 0 Å². The Balaban J connectivity index is 2.06. The number of hydrogen-bond acceptors (Lipinski definition) is 2. The molecule has 0 amide bonds. The number of unbranched alkanes of at least 4 members (excludes halogenated alkanes) is 7. The van der Waals surface area contributed by atoms with E-state index in [4.69, 9.17) is 16.3 Å². The highest BCUT2D eigenvalue weighted by Gasteiger charge is 2.32. The molecule has 0 aromatic heterocycles. The molecule has 0 aromatic rings. The predicted molar refractivity (Wildman–Crippen MR) is 88.7 cm³/mol. The number of rotatable bonds is 10. The summed E-state index contributed by atoms with van der Waals surface area (Å²) in [4.78, 5) is 2.54. The highest BCUT2D eigenvalue weighted by Crippen LogP contribution is 2.22. The summed E-state index contributed by atoms with van der Waals surface area (Å²) in [5.41, 5.74) is -0.0437. The first-order valence-corrected chi connectivity index (χ1v) is 9.07. The number of halogens is 1. The lowest BCUT2D eigenvalue weighted by Gasteiger charge is -2.42. The van der Waals surface area contributed by atoms with E-state index in [1.165, 1.54) is 57.9 Å². The molecule has 0 aromatic carbocycles. The smallest absolute Gasteiger partial charge is 0.0844 e. The normalized spacial score (nSPS) is 23.1. The third-order valence-corrected chi connectivity index (χ3v) is 4.40. The topological polar surface area (TPSA) is 12.5 Å². The van der Waals surface area contributed by atoms with Crippen LogP contribution in [0.4, 0.5) is 0 Å². The summed E-state index contributed by atoms with van der Waals surface area (Å²) < 4.78 is 5.96. The molecule has 1 atom stereocenters. The van der Waals surface area contributed by atoms with Gasteiger partial charge < -0.3 is 4.74 Å². The van der Waals surface area contributed by atoms with Gasteiger partial charge in [-0.05, 0) is 26.8 Å². The van der Waals surface area contributed by atoms with Crippen LogP contribution in [-0.4, -0.2) is 42.1 Å². The van der Waals surface area contributed by atoms with E-state index in [0.29, 0.717) is 5.88 Å². The Morgan fingerprint density at radius 3 is 2.25 bits per heavy atom. The maximum absolute atomic E-state index is 5.97. The Bertz CT molecular complexity index is 245. The summed E-state index contributed by atoms with van der Waals surface area (Å²) in [6.07, 6.45) is 11.3. The first-order chi connectivity index (χ1) is 9.57. The van der Waals surface area contributed by atoms with Gasteiger partial charge in [-0.2, -0.15) is 0 Å². The van der Waals surface area contributed by atoms with Crippen molar-refractivity contribution in [3.63, 3.8) is 0 Å². The molecule has 0 N–H and O–H groups in total. The molecule has 1 fully saturated rings. The lowest BCUT2D eigenvalue weighted by molar-refractivity contribution is -0.127. The van der Waals surface area contributed by atoms with Crippen LogP contribution < -0.4 is 0 Å². The fourth-order valence-electron chi connectivity index (χ4n) is 3.14. The summed E-state index contributed by atoms with van der Waals surface area (Å²) in [5, 5.41) is 0. The average Bonchev–Trinajstić information content (AvgIpc) is 2.40. The molecule has 3 heteroatoms. The molecule has 0 spiro atoms. The maximum atomic E-state index is 5.97. The minimum Gasteiger partial charge on any atom is -0.368 e. The predicted octanol–water partition coefficient (Wildman–Crippen LogP) is 4.85. The average molecular weight is 304 g/mol. The van der Waals surface area contributed by atoms with Crippen molar-refractivity contribution in [2.45, 2.75) is 83.8 Å². The summed E-state index contributed by atoms with van der Waals surface area (Å²) in [6, 6.07) is 0. The summed E-state index contributed by atoms with van der Waals surface area (Å²) in [7, 11) is 0. The monoisotopic (exact) mass is 303 g/mol. The highest BCUT2D eigenvalue weighted by atomic mass is 35.5. The van der Waals surface area contributed by atoms with Gasteiger partial charge in [0.2, 0.25) is 0 Å². The van der Waals surface area contributed by atoms with Crippen LogP contribution in [0.15, 0.2) is 0 Å². The quantitative estimate of drug-likeness (QED) is 0.423. The van der Waals surface area contributed by atoms with Crippen molar-refractivity contribution in [3.05, 3.63) is 0 Å². The van der Waals surface area contributed by atoms with Gasteiger partial charge in [-0.15, -0.1) is 11.6 Å². The summed E-state index contributed by atoms with van der Waals surface area (Å²) in [6.45, 7) is 9.87. The van der Waals surface area contributed by atoms with E-state index in [-0.39, 0.29) is 11.7 Å². The molecule has 1 aliphatic heterocycles. The molecule has 0 aliphatic carbocycles. The minimum atomic E-state index is -0.0437. The van der Waals surface area contributed by atoms with Crippen molar-refractivity contribution in [2.24, 2.45) is 0 Å². The molecule has 20 heavy (non-hydrogen) atoms. The molecule has 1 aliphatic rings. The van der Waals surface area contributed by atoms with E-state index < -0.39 is 0 Å². The third kappa shape index (κ3) is 7.85. The van der Waals surface area contributed by atoms with Crippen molar-refractivity contribution in [3.8, 4) is 0 Å². The number of morpholine rings is 1. The highest BCUT2D eigenvalue weighted by molar-refractivity contribution is 6.18. The summed E-state index contributed by atoms with van der Waals surface area (Å²) >= 11 is 5.97. The molecular weight excluding hydrogens is 270 g/mol. The fraction of sp³-hybridized carbons (Fsp3) is 1.00. The van der Waals surface area contributed by atoms with Crippen molar-refractivity contribution in [2.75, 3.05) is 25.5 Å². The van der Waals surface area contributed by atoms with E-state index in [1.807, 2.05) is 0 Å². The molecule has 0 radical (unpaired) electrons. The van der Waals surface area contributed by atoms with Crippen LogP contribution >= 0.6 is 11.6 Å². The first-order valence-electron chi connectivity index (χ1n) is 8.53. The zero-order valence-corrected chi connectivity index (χ0v) is 14.6. The molecule has 0 saturated carbocycles. The van der Waals surface area contributed by atoms with Crippen LogP contribution in [0.1, 0.15) is 72.1 Å². The Kier molecular flexibility index (Phi) is 9.15. The van der Waals surface area contributed by atoms with Crippen LogP contribution in [0.5, 0.6) is 0 Å². The Morgan fingerprint density at radius 1 is 1.05 bits per heavy atom. The SMILES string of the molecule is CCCCCCCCCCN1CC(CCl)OC(C)(C)C1. The van der Waals surface area contributed by atoms with Gasteiger partial charge in [-0.25, -0.2) is 0 Å². The Hall–Kier alpha value is 0.210. The van der Waals surface area contributed by atoms with Gasteiger partial charge in [0.05, 0.1) is 11.7 Å². The van der Waals surface area contributed by atoms with E-state index in [9.17, 15) is 0 Å². The molecule has 120 valence electrons. The Labute approximate surface area is 131 Å². The van der Waals surface area contributed by atoms with Gasteiger partial charge in [0.25, 0.3) is 0 Å². The number of nitrogens with zero attached hydrogens (tertiary/aromatic N) is 1. The zero-order valence-electron chi connectivity index (χ0n) is 13.8. The fourth-order valence-corrected chi connectivity index (χ4v) is 3.30. The maximum Gasteiger partial charge on any atom is 0.0844 e. The first kappa shape index (κ1) is 18.3. The van der Waals surface area contributed by atoms with E-state index in [0.717, 1.165) is 13.1 Å². The number of ether oxygens (including phenoxy) is 1. The lowest BCUT2D eigenvalue weighted by atomic mass is 10.0. The van der Waals surface area contributed by atoms with Crippen LogP contribution in [0, 0.1) is 0 Å². The van der Waals surface area contributed by atoms with Crippen LogP contribution in [-0.2, 0) is 4.74 Å². The largest absolute Gasteiger partial charge is 0.368 e. The van der Waals surface area contributed by atoms with Crippen molar-refractivity contribution in [1.82, 2.24) is 4.90 Å².